The highest BCUT2D eigenvalue weighted by Gasteiger charge is 2.79. The number of methoxy groups -OCH3 is 1. The van der Waals surface area contributed by atoms with E-state index >= 15 is 0 Å². The largest absolute Gasteiger partial charge is 0.497 e. The molecule has 3 unspecified atom stereocenters. The molecule has 10 heteroatoms. The van der Waals surface area contributed by atoms with E-state index in [4.69, 9.17) is 14.2 Å². The van der Waals surface area contributed by atoms with Gasteiger partial charge in [-0.2, -0.15) is 0 Å². The molecule has 41 heavy (non-hydrogen) atoms. The van der Waals surface area contributed by atoms with Gasteiger partial charge < -0.3 is 34.9 Å². The van der Waals surface area contributed by atoms with Crippen molar-refractivity contribution in [2.45, 2.75) is 57.3 Å². The predicted octanol–water partition coefficient (Wildman–Crippen LogP) is 3.45. The van der Waals surface area contributed by atoms with Crippen LogP contribution in [0.3, 0.4) is 0 Å². The number of nitrogens with zero attached hydrogens (tertiary/aromatic N) is 1. The Morgan fingerprint density at radius 2 is 1.63 bits per heavy atom. The van der Waals surface area contributed by atoms with Crippen molar-refractivity contribution >= 4 is 29.1 Å². The number of aliphatic hydroxyl groups is 1. The molecule has 0 aliphatic carbocycles. The topological polar surface area (TPSA) is 126 Å². The van der Waals surface area contributed by atoms with Crippen molar-refractivity contribution in [1.29, 1.82) is 0 Å². The number of benzene rings is 2. The third-order valence-electron chi connectivity index (χ3n) is 8.94. The van der Waals surface area contributed by atoms with Crippen LogP contribution >= 0.6 is 0 Å². The molecule has 3 N–H and O–H groups in total. The van der Waals surface area contributed by atoms with Crippen LogP contribution in [0.4, 0.5) is 11.4 Å². The van der Waals surface area contributed by atoms with Gasteiger partial charge in [-0.1, -0.05) is 6.92 Å². The number of aliphatic hydroxyl groups excluding tert-OH is 1. The van der Waals surface area contributed by atoms with Gasteiger partial charge in [0.15, 0.2) is 0 Å². The Morgan fingerprint density at radius 1 is 1.02 bits per heavy atom. The molecule has 2 aromatic rings. The highest BCUT2D eigenvalue weighted by molar-refractivity contribution is 6.05. The number of hydrogen-bond donors (Lipinski definition) is 3. The zero-order valence-corrected chi connectivity index (χ0v) is 24.0. The number of rotatable bonds is 11. The van der Waals surface area contributed by atoms with Gasteiger partial charge in [0.2, 0.25) is 17.7 Å². The summed E-state index contributed by atoms with van der Waals surface area (Å²) in [7, 11) is 1.57. The highest BCUT2D eigenvalue weighted by Crippen LogP contribution is 2.65. The summed E-state index contributed by atoms with van der Waals surface area (Å²) in [5.41, 5.74) is -0.923. The average Bonchev–Trinajstić information content (AvgIpc) is 3.47. The second-order valence-corrected chi connectivity index (χ2v) is 11.3. The van der Waals surface area contributed by atoms with Crippen LogP contribution in [0, 0.1) is 17.8 Å². The molecule has 6 atom stereocenters. The van der Waals surface area contributed by atoms with E-state index in [0.29, 0.717) is 48.7 Å². The SMILES string of the molecule is CCOc1ccc(NC(=O)[C@@H]2[C@H]3C(=O)N(CCCCO)C(C(=O)Nc4ccc(OC)cc4)C34CC(C)[C@@]2(C)O4)cc1. The lowest BCUT2D eigenvalue weighted by molar-refractivity contribution is -0.144. The molecule has 5 rings (SSSR count). The number of ether oxygens (including phenoxy) is 3. The van der Waals surface area contributed by atoms with E-state index in [1.54, 1.807) is 60.5 Å². The molecule has 2 bridgehead atoms. The minimum Gasteiger partial charge on any atom is -0.497 e. The maximum atomic E-state index is 14.1. The lowest BCUT2D eigenvalue weighted by Crippen LogP contribution is -2.54. The van der Waals surface area contributed by atoms with Gasteiger partial charge in [0.05, 0.1) is 31.2 Å². The minimum absolute atomic E-state index is 0.0158. The molecule has 3 aliphatic heterocycles. The van der Waals surface area contributed by atoms with Crippen molar-refractivity contribution in [1.82, 2.24) is 4.90 Å². The van der Waals surface area contributed by atoms with Crippen LogP contribution < -0.4 is 20.1 Å². The quantitative estimate of drug-likeness (QED) is 0.356. The molecule has 220 valence electrons. The number of amides is 3. The van der Waals surface area contributed by atoms with Crippen LogP contribution in [0.2, 0.25) is 0 Å². The van der Waals surface area contributed by atoms with Gasteiger partial charge in [0.1, 0.15) is 23.1 Å². The number of nitrogens with one attached hydrogen (secondary N) is 2. The van der Waals surface area contributed by atoms with Crippen LogP contribution in [-0.4, -0.2) is 71.8 Å². The van der Waals surface area contributed by atoms with Gasteiger partial charge in [-0.25, -0.2) is 0 Å². The second-order valence-electron chi connectivity index (χ2n) is 11.3. The second kappa shape index (κ2) is 11.3. The highest BCUT2D eigenvalue weighted by atomic mass is 16.5. The number of hydrogen-bond acceptors (Lipinski definition) is 7. The molecule has 10 nitrogen and oxygen atoms in total. The Balaban J connectivity index is 1.46. The molecule has 1 spiro atoms. The fourth-order valence-electron chi connectivity index (χ4n) is 6.98. The molecule has 3 amide bonds. The van der Waals surface area contributed by atoms with Crippen molar-refractivity contribution in [2.24, 2.45) is 17.8 Å². The molecule has 0 saturated carbocycles. The number of fused-ring (bicyclic) bond motifs is 1. The first-order valence-electron chi connectivity index (χ1n) is 14.3. The van der Waals surface area contributed by atoms with Crippen LogP contribution in [-0.2, 0) is 19.1 Å². The summed E-state index contributed by atoms with van der Waals surface area (Å²) in [6.07, 6.45) is 1.49. The summed E-state index contributed by atoms with van der Waals surface area (Å²) >= 11 is 0. The molecule has 3 fully saturated rings. The maximum Gasteiger partial charge on any atom is 0.250 e. The monoisotopic (exact) mass is 565 g/mol. The number of unbranched alkanes of at least 4 members (excludes halogenated alkanes) is 1. The molecular formula is C31H39N3O7. The van der Waals surface area contributed by atoms with Gasteiger partial charge in [-0.15, -0.1) is 0 Å². The molecule has 2 aromatic carbocycles. The van der Waals surface area contributed by atoms with Gasteiger partial charge in [0.25, 0.3) is 0 Å². The Bertz CT molecular complexity index is 1280. The summed E-state index contributed by atoms with van der Waals surface area (Å²) in [5, 5.41) is 15.3. The smallest absolute Gasteiger partial charge is 0.250 e. The lowest BCUT2D eigenvalue weighted by atomic mass is 9.62. The van der Waals surface area contributed by atoms with Crippen LogP contribution in [0.5, 0.6) is 11.5 Å². The van der Waals surface area contributed by atoms with Crippen molar-refractivity contribution in [3.63, 3.8) is 0 Å². The van der Waals surface area contributed by atoms with E-state index in [9.17, 15) is 19.5 Å². The molecular weight excluding hydrogens is 526 g/mol. The van der Waals surface area contributed by atoms with E-state index in [2.05, 4.69) is 10.6 Å². The van der Waals surface area contributed by atoms with E-state index in [0.717, 1.165) is 0 Å². The third-order valence-corrected chi connectivity index (χ3v) is 8.94. The van der Waals surface area contributed by atoms with Crippen molar-refractivity contribution in [2.75, 3.05) is 37.5 Å². The average molecular weight is 566 g/mol. The molecule has 0 aromatic heterocycles. The Labute approximate surface area is 240 Å². The first-order chi connectivity index (χ1) is 19.7. The number of anilines is 2. The Hall–Kier alpha value is -3.63. The first-order valence-corrected chi connectivity index (χ1v) is 14.3. The first kappa shape index (κ1) is 28.9. The van der Waals surface area contributed by atoms with Crippen molar-refractivity contribution in [3.05, 3.63) is 48.5 Å². The minimum atomic E-state index is -1.15. The van der Waals surface area contributed by atoms with E-state index in [-0.39, 0.29) is 36.8 Å². The van der Waals surface area contributed by atoms with Crippen LogP contribution in [0.15, 0.2) is 48.5 Å². The summed E-state index contributed by atoms with van der Waals surface area (Å²) in [5.74, 6) is -1.25. The zero-order chi connectivity index (χ0) is 29.4. The van der Waals surface area contributed by atoms with Crippen LogP contribution in [0.25, 0.3) is 0 Å². The van der Waals surface area contributed by atoms with Gasteiger partial charge in [0, 0.05) is 24.5 Å². The van der Waals surface area contributed by atoms with E-state index < -0.39 is 29.1 Å². The summed E-state index contributed by atoms with van der Waals surface area (Å²) < 4.78 is 17.5. The van der Waals surface area contributed by atoms with Gasteiger partial charge in [-0.05, 0) is 87.6 Å². The van der Waals surface area contributed by atoms with E-state index in [1.807, 2.05) is 20.8 Å². The third kappa shape index (κ3) is 4.93. The Kier molecular flexibility index (Phi) is 7.98. The van der Waals surface area contributed by atoms with Gasteiger partial charge >= 0.3 is 0 Å². The molecule has 3 aliphatic rings. The summed E-state index contributed by atoms with van der Waals surface area (Å²) in [4.78, 5) is 43.6. The summed E-state index contributed by atoms with van der Waals surface area (Å²) in [6, 6.07) is 13.1. The van der Waals surface area contributed by atoms with Crippen molar-refractivity contribution in [3.8, 4) is 11.5 Å². The van der Waals surface area contributed by atoms with Gasteiger partial charge in [-0.3, -0.25) is 14.4 Å². The van der Waals surface area contributed by atoms with Crippen molar-refractivity contribution < 1.29 is 33.7 Å². The predicted molar refractivity (Wildman–Crippen MR) is 153 cm³/mol. The normalized spacial score (nSPS) is 29.8. The zero-order valence-electron chi connectivity index (χ0n) is 24.0. The number of likely N-dealkylation sites (tertiary alicyclic amines) is 1. The molecule has 0 radical (unpaired) electrons. The van der Waals surface area contributed by atoms with E-state index in [1.165, 1.54) is 0 Å². The molecule has 3 saturated heterocycles. The lowest BCUT2D eigenvalue weighted by Gasteiger charge is -2.36. The fraction of sp³-hybridized carbons (Fsp3) is 0.516. The summed E-state index contributed by atoms with van der Waals surface area (Å²) in [6.45, 7) is 6.60. The maximum absolute atomic E-state index is 14.1. The molecule has 3 heterocycles. The van der Waals surface area contributed by atoms with Crippen LogP contribution in [0.1, 0.15) is 40.0 Å². The number of carbonyl (C=O) groups is 3. The Morgan fingerprint density at radius 3 is 2.22 bits per heavy atom. The fourth-order valence-corrected chi connectivity index (χ4v) is 6.98. The number of carbonyl (C=O) groups excluding carboxylic acids is 3. The standard InChI is InChI=1S/C31H39N3O7/c1-5-40-23-14-10-20(11-15-23)32-27(36)24-25-29(38)34(16-6-7-17-35)26(31(25)18-19(2)30(24,3)41-31)28(37)33-21-8-12-22(39-4)13-9-21/h8-15,19,24-26,35H,5-7,16-18H2,1-4H3,(H,32,36)(H,33,37)/t19?,24-,25-,26?,30+,31?/m0/s1.